The highest BCUT2D eigenvalue weighted by molar-refractivity contribution is 5.98. The molecule has 0 spiro atoms. The highest BCUT2D eigenvalue weighted by Gasteiger charge is 2.38. The van der Waals surface area contributed by atoms with Crippen molar-refractivity contribution in [3.05, 3.63) is 64.8 Å². The quantitative estimate of drug-likeness (QED) is 0.560. The molecule has 7 nitrogen and oxygen atoms in total. The molecule has 0 radical (unpaired) electrons. The largest absolute Gasteiger partial charge is 0.378 e. The predicted molar refractivity (Wildman–Crippen MR) is 126 cm³/mol. The van der Waals surface area contributed by atoms with Gasteiger partial charge in [-0.25, -0.2) is 4.39 Å². The SMILES string of the molecule is N#CC1=C(c2cccc(F)c2)C2=CC(OCCCC(=O)N3CCOCC3)C(=O)CC2=CN1C1CC1. The van der Waals surface area contributed by atoms with Crippen LogP contribution in [0.15, 0.2) is 53.4 Å². The minimum atomic E-state index is -0.767. The molecule has 0 bridgehead atoms. The van der Waals surface area contributed by atoms with Gasteiger partial charge in [0.1, 0.15) is 23.7 Å². The maximum Gasteiger partial charge on any atom is 0.222 e. The summed E-state index contributed by atoms with van der Waals surface area (Å²) in [4.78, 5) is 29.0. The van der Waals surface area contributed by atoms with Gasteiger partial charge in [0.25, 0.3) is 0 Å². The molecule has 1 unspecified atom stereocenters. The molecule has 182 valence electrons. The van der Waals surface area contributed by atoms with E-state index in [9.17, 15) is 19.2 Å². The Labute approximate surface area is 204 Å². The summed E-state index contributed by atoms with van der Waals surface area (Å²) >= 11 is 0. The molecule has 1 saturated heterocycles. The Morgan fingerprint density at radius 2 is 2.06 bits per heavy atom. The van der Waals surface area contributed by atoms with Crippen LogP contribution in [-0.2, 0) is 19.1 Å². The monoisotopic (exact) mass is 477 g/mol. The summed E-state index contributed by atoms with van der Waals surface area (Å²) in [6.07, 6.45) is 5.90. The lowest BCUT2D eigenvalue weighted by Crippen LogP contribution is -2.40. The number of nitriles is 1. The fraction of sp³-hybridized carbons (Fsp3) is 0.444. The fourth-order valence-corrected chi connectivity index (χ4v) is 4.82. The zero-order valence-corrected chi connectivity index (χ0v) is 19.5. The van der Waals surface area contributed by atoms with Gasteiger partial charge in [-0.15, -0.1) is 0 Å². The van der Waals surface area contributed by atoms with Gasteiger partial charge in [-0.1, -0.05) is 12.1 Å². The summed E-state index contributed by atoms with van der Waals surface area (Å²) in [5.74, 6) is -0.376. The molecule has 0 aromatic heterocycles. The molecule has 2 aliphatic heterocycles. The number of halogens is 1. The molecule has 5 rings (SSSR count). The molecule has 35 heavy (non-hydrogen) atoms. The van der Waals surface area contributed by atoms with Gasteiger partial charge >= 0.3 is 0 Å². The predicted octanol–water partition coefficient (Wildman–Crippen LogP) is 3.35. The second-order valence-corrected chi connectivity index (χ2v) is 9.25. The van der Waals surface area contributed by atoms with E-state index >= 15 is 0 Å². The number of hydrogen-bond acceptors (Lipinski definition) is 6. The Kier molecular flexibility index (Phi) is 6.80. The van der Waals surface area contributed by atoms with Crippen molar-refractivity contribution in [2.75, 3.05) is 32.9 Å². The molecule has 4 aliphatic rings. The number of carbonyl (C=O) groups is 2. The van der Waals surface area contributed by atoms with Gasteiger partial charge in [0.05, 0.1) is 13.2 Å². The summed E-state index contributed by atoms with van der Waals surface area (Å²) in [6, 6.07) is 8.76. The average molecular weight is 478 g/mol. The first-order valence-corrected chi connectivity index (χ1v) is 12.2. The Morgan fingerprint density at radius 1 is 1.26 bits per heavy atom. The Morgan fingerprint density at radius 3 is 2.77 bits per heavy atom. The minimum Gasteiger partial charge on any atom is -0.378 e. The van der Waals surface area contributed by atoms with E-state index < -0.39 is 6.10 Å². The van der Waals surface area contributed by atoms with E-state index in [0.29, 0.717) is 56.0 Å². The first-order valence-electron chi connectivity index (χ1n) is 12.2. The second-order valence-electron chi connectivity index (χ2n) is 9.25. The third-order valence-corrected chi connectivity index (χ3v) is 6.76. The lowest BCUT2D eigenvalue weighted by atomic mass is 9.81. The number of carbonyl (C=O) groups excluding carboxylic acids is 2. The van der Waals surface area contributed by atoms with Gasteiger partial charge in [-0.3, -0.25) is 9.59 Å². The number of benzene rings is 1. The topological polar surface area (TPSA) is 82.9 Å². The lowest BCUT2D eigenvalue weighted by Gasteiger charge is -2.34. The third kappa shape index (κ3) is 5.07. The summed E-state index contributed by atoms with van der Waals surface area (Å²) in [5, 5.41) is 10.0. The fourth-order valence-electron chi connectivity index (χ4n) is 4.82. The van der Waals surface area contributed by atoms with E-state index in [0.717, 1.165) is 24.0 Å². The van der Waals surface area contributed by atoms with E-state index in [1.807, 2.05) is 11.1 Å². The number of nitrogens with zero attached hydrogens (tertiary/aromatic N) is 3. The first-order chi connectivity index (χ1) is 17.0. The average Bonchev–Trinajstić information content (AvgIpc) is 3.71. The van der Waals surface area contributed by atoms with E-state index in [4.69, 9.17) is 9.47 Å². The Bertz CT molecular complexity index is 1160. The van der Waals surface area contributed by atoms with Gasteiger partial charge < -0.3 is 19.3 Å². The van der Waals surface area contributed by atoms with Gasteiger partial charge in [0.15, 0.2) is 5.78 Å². The van der Waals surface area contributed by atoms with E-state index in [-0.39, 0.29) is 36.6 Å². The first kappa shape index (κ1) is 23.5. The molecule has 1 saturated carbocycles. The zero-order chi connectivity index (χ0) is 24.4. The van der Waals surface area contributed by atoms with Crippen molar-refractivity contribution in [2.24, 2.45) is 0 Å². The molecule has 1 aromatic carbocycles. The summed E-state index contributed by atoms with van der Waals surface area (Å²) in [7, 11) is 0. The van der Waals surface area contributed by atoms with Crippen molar-refractivity contribution in [3.8, 4) is 6.07 Å². The number of Topliss-reactive ketones (excluding diaryl/α,β-unsaturated/α-hetero) is 1. The third-order valence-electron chi connectivity index (χ3n) is 6.76. The van der Waals surface area contributed by atoms with E-state index in [2.05, 4.69) is 6.07 Å². The van der Waals surface area contributed by atoms with Crippen LogP contribution in [0.3, 0.4) is 0 Å². The maximum atomic E-state index is 14.1. The van der Waals surface area contributed by atoms with Crippen molar-refractivity contribution < 1.29 is 23.5 Å². The molecule has 1 amide bonds. The van der Waals surface area contributed by atoms with E-state index in [1.54, 1.807) is 23.1 Å². The van der Waals surface area contributed by atoms with Crippen LogP contribution in [0.25, 0.3) is 5.57 Å². The minimum absolute atomic E-state index is 0.0609. The Hall–Kier alpha value is -3.28. The van der Waals surface area contributed by atoms with Crippen molar-refractivity contribution >= 4 is 17.3 Å². The van der Waals surface area contributed by atoms with Crippen molar-refractivity contribution in [1.29, 1.82) is 5.26 Å². The molecule has 0 N–H and O–H groups in total. The molecule has 8 heteroatoms. The van der Waals surface area contributed by atoms with Crippen LogP contribution in [-0.4, -0.2) is 66.5 Å². The number of hydrogen-bond donors (Lipinski definition) is 0. The number of fused-ring (bicyclic) bond motifs is 1. The standard InChI is InChI=1S/C27H28FN3O4/c28-20-4-1-3-18(13-20)27-22-15-25(35-10-2-5-26(33)30-8-11-34-12-9-30)24(32)14-19(22)17-31(21-6-7-21)23(27)16-29/h1,3-4,13,15,17,21,25H,2,5-12,14H2. The van der Waals surface area contributed by atoms with Gasteiger partial charge in [-0.2, -0.15) is 5.26 Å². The Balaban J connectivity index is 1.34. The van der Waals surface area contributed by atoms with Crippen LogP contribution >= 0.6 is 0 Å². The number of allylic oxidation sites excluding steroid dienone is 4. The normalized spacial score (nSPS) is 22.4. The summed E-state index contributed by atoms with van der Waals surface area (Å²) < 4.78 is 25.3. The molecule has 1 atom stereocenters. The van der Waals surface area contributed by atoms with Crippen LogP contribution in [0, 0.1) is 17.1 Å². The number of ketones is 1. The molecule has 2 heterocycles. The second kappa shape index (κ2) is 10.1. The molecular formula is C27H28FN3O4. The maximum absolute atomic E-state index is 14.1. The molecule has 1 aromatic rings. The van der Waals surface area contributed by atoms with Gasteiger partial charge in [0.2, 0.25) is 5.91 Å². The van der Waals surface area contributed by atoms with Crippen LogP contribution in [0.2, 0.25) is 0 Å². The van der Waals surface area contributed by atoms with Crippen LogP contribution in [0.4, 0.5) is 4.39 Å². The zero-order valence-electron chi connectivity index (χ0n) is 19.5. The van der Waals surface area contributed by atoms with Crippen LogP contribution in [0.5, 0.6) is 0 Å². The molecular weight excluding hydrogens is 449 g/mol. The highest BCUT2D eigenvalue weighted by Crippen LogP contribution is 2.44. The number of amides is 1. The number of ether oxygens (including phenoxy) is 2. The van der Waals surface area contributed by atoms with Gasteiger partial charge in [0, 0.05) is 50.4 Å². The van der Waals surface area contributed by atoms with Crippen molar-refractivity contribution in [3.63, 3.8) is 0 Å². The lowest BCUT2D eigenvalue weighted by molar-refractivity contribution is -0.135. The highest BCUT2D eigenvalue weighted by atomic mass is 19.1. The summed E-state index contributed by atoms with van der Waals surface area (Å²) in [6.45, 7) is 2.61. The van der Waals surface area contributed by atoms with Crippen molar-refractivity contribution in [1.82, 2.24) is 9.80 Å². The number of morpholine rings is 1. The molecule has 2 fully saturated rings. The van der Waals surface area contributed by atoms with Crippen LogP contribution < -0.4 is 0 Å². The van der Waals surface area contributed by atoms with E-state index in [1.165, 1.54) is 12.1 Å². The van der Waals surface area contributed by atoms with Crippen molar-refractivity contribution in [2.45, 2.75) is 44.2 Å². The van der Waals surface area contributed by atoms with Gasteiger partial charge in [-0.05, 0) is 54.2 Å². The number of rotatable bonds is 7. The molecule has 2 aliphatic carbocycles. The van der Waals surface area contributed by atoms with Crippen LogP contribution in [0.1, 0.15) is 37.7 Å². The summed E-state index contributed by atoms with van der Waals surface area (Å²) in [5.41, 5.74) is 3.28. The smallest absolute Gasteiger partial charge is 0.222 e.